The second kappa shape index (κ2) is 4.50. The van der Waals surface area contributed by atoms with Gasteiger partial charge in [0.2, 0.25) is 0 Å². The van der Waals surface area contributed by atoms with Crippen LogP contribution in [0.5, 0.6) is 0 Å². The zero-order chi connectivity index (χ0) is 12.4. The molecule has 3 rings (SSSR count). The van der Waals surface area contributed by atoms with Crippen LogP contribution in [-0.2, 0) is 5.41 Å². The van der Waals surface area contributed by atoms with Gasteiger partial charge in [0.25, 0.3) is 0 Å². The molecular formula is C15H16N2O. The van der Waals surface area contributed by atoms with E-state index in [1.54, 1.807) is 12.4 Å². The lowest BCUT2D eigenvalue weighted by atomic mass is 9.60. The first-order valence-electron chi connectivity index (χ1n) is 6.31. The number of rotatable bonds is 3. The van der Waals surface area contributed by atoms with E-state index in [1.165, 1.54) is 18.3 Å². The Kier molecular flexibility index (Phi) is 2.84. The first kappa shape index (κ1) is 11.4. The van der Waals surface area contributed by atoms with Crippen LogP contribution in [-0.4, -0.2) is 15.1 Å². The Morgan fingerprint density at radius 1 is 1.06 bits per heavy atom. The van der Waals surface area contributed by atoms with E-state index in [9.17, 15) is 5.11 Å². The maximum absolute atomic E-state index is 10.7. The van der Waals surface area contributed by atoms with Gasteiger partial charge in [-0.15, -0.1) is 0 Å². The third kappa shape index (κ3) is 1.71. The van der Waals surface area contributed by atoms with Crippen LogP contribution < -0.4 is 0 Å². The summed E-state index contributed by atoms with van der Waals surface area (Å²) < 4.78 is 0. The fourth-order valence-electron chi connectivity index (χ4n) is 2.82. The minimum Gasteiger partial charge on any atom is -0.387 e. The van der Waals surface area contributed by atoms with Gasteiger partial charge in [0.15, 0.2) is 0 Å². The van der Waals surface area contributed by atoms with Gasteiger partial charge in [-0.25, -0.2) is 9.97 Å². The van der Waals surface area contributed by atoms with E-state index in [-0.39, 0.29) is 5.41 Å². The molecule has 18 heavy (non-hydrogen) atoms. The molecule has 1 fully saturated rings. The highest BCUT2D eigenvalue weighted by Crippen LogP contribution is 2.51. The van der Waals surface area contributed by atoms with Crippen molar-refractivity contribution < 1.29 is 5.11 Å². The molecule has 0 saturated heterocycles. The van der Waals surface area contributed by atoms with E-state index in [1.807, 2.05) is 18.2 Å². The van der Waals surface area contributed by atoms with Crippen molar-refractivity contribution in [2.45, 2.75) is 30.8 Å². The summed E-state index contributed by atoms with van der Waals surface area (Å²) in [5.41, 5.74) is 1.88. The van der Waals surface area contributed by atoms with Crippen molar-refractivity contribution in [1.29, 1.82) is 0 Å². The summed E-state index contributed by atoms with van der Waals surface area (Å²) in [6, 6.07) is 10.3. The second-order valence-corrected chi connectivity index (χ2v) is 4.95. The van der Waals surface area contributed by atoms with Crippen LogP contribution in [0.2, 0.25) is 0 Å². The Morgan fingerprint density at radius 2 is 1.72 bits per heavy atom. The Morgan fingerprint density at radius 3 is 2.28 bits per heavy atom. The lowest BCUT2D eigenvalue weighted by Gasteiger charge is -2.46. The van der Waals surface area contributed by atoms with Crippen LogP contribution in [0.3, 0.4) is 0 Å². The summed E-state index contributed by atoms with van der Waals surface area (Å²) in [5, 5.41) is 10.7. The molecule has 3 heteroatoms. The number of aliphatic hydroxyl groups excluding tert-OH is 1. The molecule has 1 saturated carbocycles. The van der Waals surface area contributed by atoms with Crippen LogP contribution in [0.4, 0.5) is 0 Å². The van der Waals surface area contributed by atoms with Gasteiger partial charge in [0, 0.05) is 23.4 Å². The molecule has 1 aromatic heterocycles. The molecule has 92 valence electrons. The predicted octanol–water partition coefficient (Wildman–Crippen LogP) is 2.63. The highest BCUT2D eigenvalue weighted by atomic mass is 16.3. The van der Waals surface area contributed by atoms with Gasteiger partial charge in [0.05, 0.1) is 6.10 Å². The topological polar surface area (TPSA) is 46.0 Å². The van der Waals surface area contributed by atoms with Crippen LogP contribution in [0.25, 0.3) is 0 Å². The van der Waals surface area contributed by atoms with Crippen molar-refractivity contribution in [2.75, 3.05) is 0 Å². The molecule has 1 aliphatic rings. The predicted molar refractivity (Wildman–Crippen MR) is 69.0 cm³/mol. The third-order valence-electron chi connectivity index (χ3n) is 4.01. The largest absolute Gasteiger partial charge is 0.387 e. The Hall–Kier alpha value is -1.74. The van der Waals surface area contributed by atoms with E-state index >= 15 is 0 Å². The normalized spacial score (nSPS) is 18.9. The van der Waals surface area contributed by atoms with E-state index < -0.39 is 6.10 Å². The van der Waals surface area contributed by atoms with Crippen molar-refractivity contribution in [2.24, 2.45) is 0 Å². The van der Waals surface area contributed by atoms with Crippen molar-refractivity contribution in [3.05, 3.63) is 60.2 Å². The molecule has 0 aliphatic heterocycles. The Labute approximate surface area is 107 Å². The number of aromatic nitrogens is 2. The molecule has 0 amide bonds. The molecular weight excluding hydrogens is 224 g/mol. The van der Waals surface area contributed by atoms with Gasteiger partial charge in [-0.3, -0.25) is 0 Å². The minimum atomic E-state index is -0.519. The van der Waals surface area contributed by atoms with Crippen molar-refractivity contribution in [1.82, 2.24) is 9.97 Å². The zero-order valence-corrected chi connectivity index (χ0v) is 10.2. The van der Waals surface area contributed by atoms with Crippen LogP contribution >= 0.6 is 0 Å². The molecule has 0 bridgehead atoms. The minimum absolute atomic E-state index is 0.147. The number of hydrogen-bond donors (Lipinski definition) is 1. The molecule has 0 spiro atoms. The summed E-state index contributed by atoms with van der Waals surface area (Å²) in [5.74, 6) is 0. The quantitative estimate of drug-likeness (QED) is 0.897. The lowest BCUT2D eigenvalue weighted by Crippen LogP contribution is -2.40. The van der Waals surface area contributed by atoms with Gasteiger partial charge in [-0.05, 0) is 18.4 Å². The molecule has 3 nitrogen and oxygen atoms in total. The first-order valence-corrected chi connectivity index (χ1v) is 6.31. The smallest absolute Gasteiger partial charge is 0.115 e. The lowest BCUT2D eigenvalue weighted by molar-refractivity contribution is 0.0263. The first-order chi connectivity index (χ1) is 8.83. The number of nitrogens with zero attached hydrogens (tertiary/aromatic N) is 2. The summed E-state index contributed by atoms with van der Waals surface area (Å²) in [4.78, 5) is 8.00. The fraction of sp³-hybridized carbons (Fsp3) is 0.333. The van der Waals surface area contributed by atoms with Crippen molar-refractivity contribution in [3.8, 4) is 0 Å². The summed E-state index contributed by atoms with van der Waals surface area (Å²) in [6.45, 7) is 0. The number of aliphatic hydroxyl groups is 1. The third-order valence-corrected chi connectivity index (χ3v) is 4.01. The van der Waals surface area contributed by atoms with Crippen molar-refractivity contribution >= 4 is 0 Å². The summed E-state index contributed by atoms with van der Waals surface area (Å²) in [6.07, 6.45) is 7.60. The van der Waals surface area contributed by atoms with Gasteiger partial charge >= 0.3 is 0 Å². The molecule has 1 heterocycles. The number of hydrogen-bond acceptors (Lipinski definition) is 3. The van der Waals surface area contributed by atoms with E-state index in [0.717, 1.165) is 18.4 Å². The highest BCUT2D eigenvalue weighted by Gasteiger charge is 2.45. The molecule has 2 aromatic rings. The molecule has 1 atom stereocenters. The van der Waals surface area contributed by atoms with Gasteiger partial charge in [-0.2, -0.15) is 0 Å². The molecule has 1 N–H and O–H groups in total. The van der Waals surface area contributed by atoms with Crippen LogP contribution in [0, 0.1) is 0 Å². The Bertz CT molecular complexity index is 509. The van der Waals surface area contributed by atoms with E-state index in [4.69, 9.17) is 0 Å². The molecule has 1 aromatic carbocycles. The molecule has 1 unspecified atom stereocenters. The maximum Gasteiger partial charge on any atom is 0.115 e. The van der Waals surface area contributed by atoms with Gasteiger partial charge in [0.1, 0.15) is 6.33 Å². The Balaban J connectivity index is 1.98. The van der Waals surface area contributed by atoms with Gasteiger partial charge in [-0.1, -0.05) is 36.8 Å². The SMILES string of the molecule is OC(c1cncnc1)C1(c2ccccc2)CCC1. The van der Waals surface area contributed by atoms with Crippen molar-refractivity contribution in [3.63, 3.8) is 0 Å². The standard InChI is InChI=1S/C15H16N2O/c18-14(12-9-16-11-17-10-12)15(7-4-8-15)13-5-2-1-3-6-13/h1-3,5-6,9-11,14,18H,4,7-8H2. The zero-order valence-electron chi connectivity index (χ0n) is 10.2. The second-order valence-electron chi connectivity index (χ2n) is 4.95. The fourth-order valence-corrected chi connectivity index (χ4v) is 2.82. The molecule has 1 aliphatic carbocycles. The average Bonchev–Trinajstić information content (AvgIpc) is 2.40. The highest BCUT2D eigenvalue weighted by molar-refractivity contribution is 5.32. The monoisotopic (exact) mass is 240 g/mol. The summed E-state index contributed by atoms with van der Waals surface area (Å²) in [7, 11) is 0. The molecule has 0 radical (unpaired) electrons. The van der Waals surface area contributed by atoms with Gasteiger partial charge < -0.3 is 5.11 Å². The van der Waals surface area contributed by atoms with E-state index in [0.29, 0.717) is 0 Å². The maximum atomic E-state index is 10.7. The van der Waals surface area contributed by atoms with E-state index in [2.05, 4.69) is 22.1 Å². The average molecular weight is 240 g/mol. The number of benzene rings is 1. The summed E-state index contributed by atoms with van der Waals surface area (Å²) >= 11 is 0. The van der Waals surface area contributed by atoms with Crippen LogP contribution in [0.1, 0.15) is 36.5 Å². The van der Waals surface area contributed by atoms with Crippen LogP contribution in [0.15, 0.2) is 49.1 Å².